The van der Waals surface area contributed by atoms with E-state index in [4.69, 9.17) is 5.11 Å². The molecule has 0 heterocycles. The van der Waals surface area contributed by atoms with Gasteiger partial charge in [-0.2, -0.15) is 0 Å². The summed E-state index contributed by atoms with van der Waals surface area (Å²) in [5.74, 6) is -2.51. The molecule has 0 bridgehead atoms. The lowest BCUT2D eigenvalue weighted by atomic mass is 9.80. The molecule has 14 heavy (non-hydrogen) atoms. The topological polar surface area (TPSA) is 63.6 Å². The Hall–Kier alpha value is -1.32. The van der Waals surface area contributed by atoms with Crippen molar-refractivity contribution in [2.75, 3.05) is 7.11 Å². The summed E-state index contributed by atoms with van der Waals surface area (Å²) in [6, 6.07) is 0. The summed E-state index contributed by atoms with van der Waals surface area (Å²) < 4.78 is 4.57. The Morgan fingerprint density at radius 3 is 2.64 bits per heavy atom. The first-order chi connectivity index (χ1) is 6.56. The molecule has 1 aliphatic rings. The molecule has 0 saturated carbocycles. The molecule has 0 amide bonds. The van der Waals surface area contributed by atoms with Crippen molar-refractivity contribution in [2.45, 2.75) is 19.8 Å². The number of ether oxygens (including phenoxy) is 1. The summed E-state index contributed by atoms with van der Waals surface area (Å²) in [7, 11) is 1.28. The normalized spacial score (nSPS) is 26.6. The molecule has 0 aromatic carbocycles. The molecule has 0 fully saturated rings. The maximum Gasteiger partial charge on any atom is 0.309 e. The molecule has 2 atom stereocenters. The molecule has 1 aliphatic carbocycles. The van der Waals surface area contributed by atoms with Crippen LogP contribution in [-0.4, -0.2) is 24.2 Å². The quantitative estimate of drug-likeness (QED) is 0.535. The number of hydrogen-bond acceptors (Lipinski definition) is 3. The van der Waals surface area contributed by atoms with Crippen molar-refractivity contribution < 1.29 is 19.4 Å². The molecule has 0 radical (unpaired) electrons. The second kappa shape index (κ2) is 4.26. The number of carbonyl (C=O) groups is 2. The third-order valence-electron chi connectivity index (χ3n) is 2.57. The number of methoxy groups -OCH3 is 1. The lowest BCUT2D eigenvalue weighted by Crippen LogP contribution is -2.32. The van der Waals surface area contributed by atoms with Crippen molar-refractivity contribution in [3.8, 4) is 0 Å². The number of carboxylic acid groups (broad SMARTS) is 1. The van der Waals surface area contributed by atoms with E-state index in [0.29, 0.717) is 12.8 Å². The fourth-order valence-corrected chi connectivity index (χ4v) is 1.74. The van der Waals surface area contributed by atoms with Crippen LogP contribution in [0.25, 0.3) is 0 Å². The van der Waals surface area contributed by atoms with Crippen LogP contribution in [0.4, 0.5) is 0 Å². The highest BCUT2D eigenvalue weighted by atomic mass is 16.5. The lowest BCUT2D eigenvalue weighted by Gasteiger charge is -2.25. The lowest BCUT2D eigenvalue weighted by molar-refractivity contribution is -0.156. The molecule has 0 aliphatic heterocycles. The van der Waals surface area contributed by atoms with Gasteiger partial charge in [-0.1, -0.05) is 11.6 Å². The van der Waals surface area contributed by atoms with Gasteiger partial charge in [-0.25, -0.2) is 0 Å². The highest BCUT2D eigenvalue weighted by Crippen LogP contribution is 2.30. The molecular formula is C10H14O4. The zero-order valence-corrected chi connectivity index (χ0v) is 8.32. The maximum absolute atomic E-state index is 11.3. The third kappa shape index (κ3) is 2.13. The summed E-state index contributed by atoms with van der Waals surface area (Å²) in [5.41, 5.74) is 1.03. The van der Waals surface area contributed by atoms with Gasteiger partial charge in [0, 0.05) is 0 Å². The summed E-state index contributed by atoms with van der Waals surface area (Å²) in [6.07, 6.45) is 2.81. The van der Waals surface area contributed by atoms with E-state index < -0.39 is 23.8 Å². The van der Waals surface area contributed by atoms with E-state index in [0.717, 1.165) is 5.57 Å². The van der Waals surface area contributed by atoms with E-state index in [9.17, 15) is 9.59 Å². The summed E-state index contributed by atoms with van der Waals surface area (Å²) in [4.78, 5) is 22.2. The first kappa shape index (κ1) is 10.8. The molecular weight excluding hydrogens is 184 g/mol. The molecule has 0 saturated heterocycles. The number of allylic oxidation sites excluding steroid dienone is 2. The molecule has 4 heteroatoms. The third-order valence-corrected chi connectivity index (χ3v) is 2.57. The number of rotatable bonds is 2. The fraction of sp³-hybridized carbons (Fsp3) is 0.600. The highest BCUT2D eigenvalue weighted by Gasteiger charge is 2.35. The van der Waals surface area contributed by atoms with E-state index in [-0.39, 0.29) is 0 Å². The second-order valence-electron chi connectivity index (χ2n) is 3.56. The standard InChI is InChI=1S/C10H14O4/c1-6-3-4-7(10(13)14-2)8(5-6)9(11)12/h3,7-8H,4-5H2,1-2H3,(H,11,12)/t7-,8+/m1/s1. The summed E-state index contributed by atoms with van der Waals surface area (Å²) in [5, 5.41) is 8.94. The number of aliphatic carboxylic acids is 1. The average Bonchev–Trinajstić information content (AvgIpc) is 2.16. The van der Waals surface area contributed by atoms with E-state index in [1.807, 2.05) is 13.0 Å². The van der Waals surface area contributed by atoms with Crippen molar-refractivity contribution in [2.24, 2.45) is 11.8 Å². The Bertz CT molecular complexity index is 280. The average molecular weight is 198 g/mol. The van der Waals surface area contributed by atoms with Gasteiger partial charge in [0.2, 0.25) is 0 Å². The van der Waals surface area contributed by atoms with Crippen LogP contribution in [0.5, 0.6) is 0 Å². The minimum atomic E-state index is -0.923. The Morgan fingerprint density at radius 2 is 2.14 bits per heavy atom. The number of hydrogen-bond donors (Lipinski definition) is 1. The SMILES string of the molecule is COC(=O)[C@@H]1CC=C(C)C[C@@H]1C(=O)O. The van der Waals surface area contributed by atoms with E-state index in [1.54, 1.807) is 0 Å². The van der Waals surface area contributed by atoms with Crippen LogP contribution in [0, 0.1) is 11.8 Å². The molecule has 1 N–H and O–H groups in total. The number of carboxylic acids is 1. The number of carbonyl (C=O) groups excluding carboxylic acids is 1. The molecule has 0 aromatic heterocycles. The Labute approximate surface area is 82.6 Å². The molecule has 0 unspecified atom stereocenters. The van der Waals surface area contributed by atoms with Crippen LogP contribution in [0.3, 0.4) is 0 Å². The second-order valence-corrected chi connectivity index (χ2v) is 3.56. The monoisotopic (exact) mass is 198 g/mol. The largest absolute Gasteiger partial charge is 0.481 e. The predicted octanol–water partition coefficient (Wildman–Crippen LogP) is 1.22. The van der Waals surface area contributed by atoms with Crippen LogP contribution in [0.15, 0.2) is 11.6 Å². The number of esters is 1. The van der Waals surface area contributed by atoms with Gasteiger partial charge in [0.15, 0.2) is 0 Å². The van der Waals surface area contributed by atoms with Crippen molar-refractivity contribution in [3.63, 3.8) is 0 Å². The zero-order valence-electron chi connectivity index (χ0n) is 8.32. The van der Waals surface area contributed by atoms with Gasteiger partial charge in [0.1, 0.15) is 0 Å². The van der Waals surface area contributed by atoms with Gasteiger partial charge in [0.25, 0.3) is 0 Å². The van der Waals surface area contributed by atoms with Crippen LogP contribution >= 0.6 is 0 Å². The Kier molecular flexibility index (Phi) is 3.28. The van der Waals surface area contributed by atoms with Crippen LogP contribution in [0.2, 0.25) is 0 Å². The van der Waals surface area contributed by atoms with E-state index in [1.165, 1.54) is 7.11 Å². The predicted molar refractivity (Wildman–Crippen MR) is 49.6 cm³/mol. The van der Waals surface area contributed by atoms with Gasteiger partial charge in [-0.05, 0) is 19.8 Å². The van der Waals surface area contributed by atoms with Crippen molar-refractivity contribution in [3.05, 3.63) is 11.6 Å². The zero-order chi connectivity index (χ0) is 10.7. The van der Waals surface area contributed by atoms with E-state index >= 15 is 0 Å². The first-order valence-corrected chi connectivity index (χ1v) is 4.52. The van der Waals surface area contributed by atoms with Crippen molar-refractivity contribution in [1.29, 1.82) is 0 Å². The van der Waals surface area contributed by atoms with Gasteiger partial charge in [-0.15, -0.1) is 0 Å². The Balaban J connectivity index is 2.82. The smallest absolute Gasteiger partial charge is 0.309 e. The molecule has 1 rings (SSSR count). The van der Waals surface area contributed by atoms with Crippen molar-refractivity contribution in [1.82, 2.24) is 0 Å². The molecule has 0 spiro atoms. The van der Waals surface area contributed by atoms with E-state index in [2.05, 4.69) is 4.74 Å². The molecule has 78 valence electrons. The van der Waals surface area contributed by atoms with Crippen LogP contribution < -0.4 is 0 Å². The van der Waals surface area contributed by atoms with Crippen LogP contribution in [-0.2, 0) is 14.3 Å². The Morgan fingerprint density at radius 1 is 1.50 bits per heavy atom. The minimum absolute atomic E-state index is 0.429. The summed E-state index contributed by atoms with van der Waals surface area (Å²) >= 11 is 0. The van der Waals surface area contributed by atoms with Gasteiger partial charge < -0.3 is 9.84 Å². The first-order valence-electron chi connectivity index (χ1n) is 4.52. The summed E-state index contributed by atoms with van der Waals surface area (Å²) in [6.45, 7) is 1.88. The highest BCUT2D eigenvalue weighted by molar-refractivity contribution is 5.81. The fourth-order valence-electron chi connectivity index (χ4n) is 1.74. The van der Waals surface area contributed by atoms with Gasteiger partial charge >= 0.3 is 11.9 Å². The van der Waals surface area contributed by atoms with Gasteiger partial charge in [0.05, 0.1) is 18.9 Å². The molecule has 4 nitrogen and oxygen atoms in total. The maximum atomic E-state index is 11.3. The van der Waals surface area contributed by atoms with Crippen molar-refractivity contribution >= 4 is 11.9 Å². The molecule has 0 aromatic rings. The van der Waals surface area contributed by atoms with Gasteiger partial charge in [-0.3, -0.25) is 9.59 Å². The van der Waals surface area contributed by atoms with Crippen LogP contribution in [0.1, 0.15) is 19.8 Å². The minimum Gasteiger partial charge on any atom is -0.481 e.